The van der Waals surface area contributed by atoms with Gasteiger partial charge in [-0.3, -0.25) is 9.59 Å². The van der Waals surface area contributed by atoms with Crippen molar-refractivity contribution in [3.8, 4) is 17.3 Å². The van der Waals surface area contributed by atoms with E-state index in [-0.39, 0.29) is 36.2 Å². The number of benzene rings is 2. The minimum atomic E-state index is -0.702. The SMILES string of the molecule is NC(=O)COc1ccc(/C=N/NC(=O)c2nnn(-c3nonc3N)c2COc2ccc(F)cc2)cc1. The van der Waals surface area contributed by atoms with E-state index in [0.29, 0.717) is 17.1 Å². The van der Waals surface area contributed by atoms with Crippen LogP contribution in [-0.2, 0) is 11.4 Å². The van der Waals surface area contributed by atoms with Gasteiger partial charge in [0.25, 0.3) is 11.8 Å². The number of anilines is 1. The molecule has 0 bridgehead atoms. The highest BCUT2D eigenvalue weighted by Gasteiger charge is 2.24. The van der Waals surface area contributed by atoms with E-state index in [9.17, 15) is 14.0 Å². The van der Waals surface area contributed by atoms with Gasteiger partial charge in [-0.25, -0.2) is 14.4 Å². The average molecular weight is 495 g/mol. The first kappa shape index (κ1) is 23.8. The van der Waals surface area contributed by atoms with E-state index in [2.05, 4.69) is 35.8 Å². The Morgan fingerprint density at radius 2 is 1.78 bits per heavy atom. The number of amides is 2. The van der Waals surface area contributed by atoms with Crippen LogP contribution in [0.15, 0.2) is 58.3 Å². The number of primary amides is 1. The van der Waals surface area contributed by atoms with Gasteiger partial charge in [-0.1, -0.05) is 5.21 Å². The summed E-state index contributed by atoms with van der Waals surface area (Å²) in [5.74, 6) is -1.03. The number of hydrogen-bond acceptors (Lipinski definition) is 11. The van der Waals surface area contributed by atoms with E-state index in [1.165, 1.54) is 30.5 Å². The molecule has 184 valence electrons. The molecule has 0 saturated heterocycles. The molecule has 15 heteroatoms. The molecule has 5 N–H and O–H groups in total. The Morgan fingerprint density at radius 3 is 2.44 bits per heavy atom. The third kappa shape index (κ3) is 5.77. The number of halogens is 1. The molecule has 0 atom stereocenters. The van der Waals surface area contributed by atoms with Gasteiger partial charge in [0, 0.05) is 0 Å². The zero-order chi connectivity index (χ0) is 25.5. The third-order valence-electron chi connectivity index (χ3n) is 4.50. The van der Waals surface area contributed by atoms with E-state index in [0.717, 1.165) is 4.68 Å². The van der Waals surface area contributed by atoms with Crippen LogP contribution in [0.1, 0.15) is 21.7 Å². The maximum atomic E-state index is 13.2. The minimum absolute atomic E-state index is 0.00130. The van der Waals surface area contributed by atoms with Gasteiger partial charge in [0.1, 0.15) is 29.6 Å². The van der Waals surface area contributed by atoms with E-state index in [4.69, 9.17) is 20.9 Å². The maximum Gasteiger partial charge on any atom is 0.293 e. The Labute approximate surface area is 201 Å². The van der Waals surface area contributed by atoms with Crippen molar-refractivity contribution >= 4 is 23.8 Å². The Morgan fingerprint density at radius 1 is 1.08 bits per heavy atom. The van der Waals surface area contributed by atoms with Crippen LogP contribution in [0.2, 0.25) is 0 Å². The van der Waals surface area contributed by atoms with E-state index in [1.54, 1.807) is 24.3 Å². The minimum Gasteiger partial charge on any atom is -0.487 e. The molecule has 0 spiro atoms. The molecule has 0 fully saturated rings. The van der Waals surface area contributed by atoms with Crippen molar-refractivity contribution in [2.45, 2.75) is 6.61 Å². The summed E-state index contributed by atoms with van der Waals surface area (Å²) >= 11 is 0. The summed E-state index contributed by atoms with van der Waals surface area (Å²) in [4.78, 5) is 23.6. The molecule has 0 aliphatic heterocycles. The van der Waals surface area contributed by atoms with Gasteiger partial charge in [-0.05, 0) is 64.4 Å². The molecular weight excluding hydrogens is 477 g/mol. The number of nitrogens with zero attached hydrogens (tertiary/aromatic N) is 6. The molecule has 0 saturated carbocycles. The number of hydrazone groups is 1. The predicted molar refractivity (Wildman–Crippen MR) is 121 cm³/mol. The summed E-state index contributed by atoms with van der Waals surface area (Å²) in [6.07, 6.45) is 1.38. The van der Waals surface area contributed by atoms with Gasteiger partial charge in [0.05, 0.1) is 6.21 Å². The smallest absolute Gasteiger partial charge is 0.293 e. The van der Waals surface area contributed by atoms with Crippen molar-refractivity contribution in [1.29, 1.82) is 0 Å². The summed E-state index contributed by atoms with van der Waals surface area (Å²) in [6.45, 7) is -0.447. The molecule has 0 aliphatic carbocycles. The number of rotatable bonds is 10. The van der Waals surface area contributed by atoms with Crippen molar-refractivity contribution in [2.75, 3.05) is 12.3 Å². The number of carbonyl (C=O) groups is 2. The predicted octanol–water partition coefficient (Wildman–Crippen LogP) is 0.579. The van der Waals surface area contributed by atoms with E-state index < -0.39 is 17.6 Å². The van der Waals surface area contributed by atoms with Crippen LogP contribution in [0.3, 0.4) is 0 Å². The van der Waals surface area contributed by atoms with Crippen LogP contribution < -0.4 is 26.4 Å². The fourth-order valence-corrected chi connectivity index (χ4v) is 2.82. The molecule has 0 aliphatic rings. The number of carbonyl (C=O) groups excluding carboxylic acids is 2. The van der Waals surface area contributed by atoms with Gasteiger partial charge < -0.3 is 20.9 Å². The molecule has 14 nitrogen and oxygen atoms in total. The number of hydrogen-bond donors (Lipinski definition) is 3. The molecule has 36 heavy (non-hydrogen) atoms. The molecule has 2 aromatic heterocycles. The van der Waals surface area contributed by atoms with Gasteiger partial charge in [0.15, 0.2) is 12.3 Å². The van der Waals surface area contributed by atoms with Crippen molar-refractivity contribution in [3.05, 3.63) is 71.3 Å². The first-order valence-electron chi connectivity index (χ1n) is 10.2. The lowest BCUT2D eigenvalue weighted by Crippen LogP contribution is -2.21. The lowest BCUT2D eigenvalue weighted by atomic mass is 10.2. The molecule has 0 radical (unpaired) electrons. The zero-order valence-electron chi connectivity index (χ0n) is 18.4. The van der Waals surface area contributed by atoms with Crippen LogP contribution in [0.4, 0.5) is 10.2 Å². The van der Waals surface area contributed by atoms with Crippen molar-refractivity contribution < 1.29 is 28.1 Å². The second-order valence-electron chi connectivity index (χ2n) is 7.04. The molecule has 2 aromatic carbocycles. The molecule has 0 unspecified atom stereocenters. The fourth-order valence-electron chi connectivity index (χ4n) is 2.82. The number of nitrogens with two attached hydrogens (primary N) is 2. The maximum absolute atomic E-state index is 13.2. The van der Waals surface area contributed by atoms with Crippen LogP contribution in [-0.4, -0.2) is 49.9 Å². The number of aromatic nitrogens is 5. The van der Waals surface area contributed by atoms with Crippen molar-refractivity contribution in [1.82, 2.24) is 30.7 Å². The first-order chi connectivity index (χ1) is 17.4. The highest BCUT2D eigenvalue weighted by atomic mass is 19.1. The molecule has 2 amide bonds. The van der Waals surface area contributed by atoms with Gasteiger partial charge >= 0.3 is 0 Å². The second-order valence-corrected chi connectivity index (χ2v) is 7.04. The van der Waals surface area contributed by atoms with E-state index in [1.807, 2.05) is 0 Å². The van der Waals surface area contributed by atoms with Crippen LogP contribution in [0.25, 0.3) is 5.82 Å². The molecule has 4 rings (SSSR count). The Kier molecular flexibility index (Phi) is 7.09. The lowest BCUT2D eigenvalue weighted by molar-refractivity contribution is -0.119. The van der Waals surface area contributed by atoms with Gasteiger partial charge in [0.2, 0.25) is 11.6 Å². The Bertz CT molecular complexity index is 1380. The van der Waals surface area contributed by atoms with Crippen LogP contribution in [0, 0.1) is 5.82 Å². The molecular formula is C21H18FN9O5. The third-order valence-corrected chi connectivity index (χ3v) is 4.50. The van der Waals surface area contributed by atoms with E-state index >= 15 is 0 Å². The lowest BCUT2D eigenvalue weighted by Gasteiger charge is -2.08. The number of nitrogens with one attached hydrogen (secondary N) is 1. The van der Waals surface area contributed by atoms with Crippen LogP contribution >= 0.6 is 0 Å². The monoisotopic (exact) mass is 495 g/mol. The second kappa shape index (κ2) is 10.7. The van der Waals surface area contributed by atoms with Gasteiger partial charge in [-0.15, -0.1) is 5.10 Å². The van der Waals surface area contributed by atoms with Crippen molar-refractivity contribution in [3.63, 3.8) is 0 Å². The van der Waals surface area contributed by atoms with Gasteiger partial charge in [-0.2, -0.15) is 9.78 Å². The first-order valence-corrected chi connectivity index (χ1v) is 10.2. The highest BCUT2D eigenvalue weighted by Crippen LogP contribution is 2.19. The summed E-state index contributed by atoms with van der Waals surface area (Å²) in [6, 6.07) is 11.8. The Balaban J connectivity index is 1.48. The number of ether oxygens (including phenoxy) is 2. The highest BCUT2D eigenvalue weighted by molar-refractivity contribution is 5.94. The summed E-state index contributed by atoms with van der Waals surface area (Å²) in [5, 5.41) is 18.8. The normalized spacial score (nSPS) is 10.9. The molecule has 4 aromatic rings. The summed E-state index contributed by atoms with van der Waals surface area (Å²) in [5.41, 5.74) is 13.8. The average Bonchev–Trinajstić information content (AvgIpc) is 3.48. The van der Waals surface area contributed by atoms with Crippen molar-refractivity contribution in [2.24, 2.45) is 10.8 Å². The molecule has 2 heterocycles. The zero-order valence-corrected chi connectivity index (χ0v) is 18.4. The summed E-state index contributed by atoms with van der Waals surface area (Å²) in [7, 11) is 0. The Hall–Kier alpha value is -5.34. The topological polar surface area (TPSA) is 199 Å². The number of nitrogen functional groups attached to an aromatic ring is 1. The standard InChI is InChI=1S/C21H18FN9O5/c22-13-3-7-15(8-4-13)34-10-16-18(26-30-31(16)20-19(24)28-36-29-20)21(33)27-25-9-12-1-5-14(6-2-12)35-11-17(23)32/h1-9H,10-11H2,(H2,23,32)(H2,24,28)(H,27,33)/b25-9+. The summed E-state index contributed by atoms with van der Waals surface area (Å²) < 4.78 is 29.7. The largest absolute Gasteiger partial charge is 0.487 e. The van der Waals surface area contributed by atoms with Crippen LogP contribution in [0.5, 0.6) is 11.5 Å². The quantitative estimate of drug-likeness (QED) is 0.206. The fraction of sp³-hybridized carbons (Fsp3) is 0.0952.